The number of thiocarbonyl (C=S) groups is 1. The maximum atomic E-state index is 13.0. The van der Waals surface area contributed by atoms with E-state index in [1.165, 1.54) is 12.8 Å². The number of aromatic nitrogens is 2. The lowest BCUT2D eigenvalue weighted by atomic mass is 9.92. The first-order valence-corrected chi connectivity index (χ1v) is 8.62. The molecule has 2 fully saturated rings. The Morgan fingerprint density at radius 3 is 2.52 bits per heavy atom. The van der Waals surface area contributed by atoms with Crippen LogP contribution >= 0.6 is 12.2 Å². The summed E-state index contributed by atoms with van der Waals surface area (Å²) in [5.74, 6) is -0.0343. The number of hydrogen-bond acceptors (Lipinski definition) is 3. The van der Waals surface area contributed by atoms with E-state index in [9.17, 15) is 4.79 Å². The molecule has 3 rings (SSSR count). The highest BCUT2D eigenvalue weighted by Gasteiger charge is 2.34. The zero-order valence-corrected chi connectivity index (χ0v) is 15.1. The highest BCUT2D eigenvalue weighted by atomic mass is 32.1. The summed E-state index contributed by atoms with van der Waals surface area (Å²) in [6.45, 7) is 7.77. The fourth-order valence-corrected chi connectivity index (χ4v) is 3.03. The normalized spacial score (nSPS) is 18.4. The number of amides is 1. The van der Waals surface area contributed by atoms with Crippen LogP contribution in [0.1, 0.15) is 56.2 Å². The van der Waals surface area contributed by atoms with Crippen LogP contribution < -0.4 is 5.32 Å². The molecular formula is C16H25N5OS. The number of nitrogens with one attached hydrogen (secondary N) is 1. The molecule has 1 N–H and O–H groups in total. The molecule has 126 valence electrons. The maximum absolute atomic E-state index is 13.0. The van der Waals surface area contributed by atoms with Gasteiger partial charge in [0.05, 0.1) is 5.69 Å². The van der Waals surface area contributed by atoms with E-state index in [1.807, 2.05) is 18.1 Å². The summed E-state index contributed by atoms with van der Waals surface area (Å²) < 4.78 is 1.68. The van der Waals surface area contributed by atoms with Crippen molar-refractivity contribution in [1.29, 1.82) is 0 Å². The molecule has 1 aromatic heterocycles. The number of nitrogens with zero attached hydrogens (tertiary/aromatic N) is 4. The quantitative estimate of drug-likeness (QED) is 0.836. The molecule has 1 aromatic rings. The van der Waals surface area contributed by atoms with Crippen molar-refractivity contribution in [1.82, 2.24) is 25.1 Å². The van der Waals surface area contributed by atoms with Crippen molar-refractivity contribution < 1.29 is 4.79 Å². The summed E-state index contributed by atoms with van der Waals surface area (Å²) >= 11 is 5.47. The van der Waals surface area contributed by atoms with Gasteiger partial charge in [-0.05, 0) is 37.5 Å². The Morgan fingerprint density at radius 2 is 1.96 bits per heavy atom. The first-order valence-electron chi connectivity index (χ1n) is 8.21. The van der Waals surface area contributed by atoms with E-state index in [0.717, 1.165) is 18.7 Å². The molecule has 1 saturated heterocycles. The summed E-state index contributed by atoms with van der Waals surface area (Å²) in [5.41, 5.74) is 1.45. The predicted molar refractivity (Wildman–Crippen MR) is 93.0 cm³/mol. The van der Waals surface area contributed by atoms with Crippen LogP contribution in [-0.2, 0) is 12.5 Å². The Morgan fingerprint density at radius 1 is 1.30 bits per heavy atom. The van der Waals surface area contributed by atoms with Crippen molar-refractivity contribution in [2.75, 3.05) is 13.1 Å². The lowest BCUT2D eigenvalue weighted by Gasteiger charge is -2.30. The van der Waals surface area contributed by atoms with Gasteiger partial charge >= 0.3 is 0 Å². The van der Waals surface area contributed by atoms with E-state index in [1.54, 1.807) is 9.69 Å². The zero-order chi connectivity index (χ0) is 16.8. The minimum absolute atomic E-state index is 0.0343. The van der Waals surface area contributed by atoms with Crippen LogP contribution in [0.15, 0.2) is 6.07 Å². The van der Waals surface area contributed by atoms with Gasteiger partial charge in [0.15, 0.2) is 5.11 Å². The Hall–Kier alpha value is -1.63. The molecule has 0 radical (unpaired) electrons. The number of hydrogen-bond donors (Lipinski definition) is 1. The van der Waals surface area contributed by atoms with Gasteiger partial charge in [-0.3, -0.25) is 14.5 Å². The summed E-state index contributed by atoms with van der Waals surface area (Å²) in [4.78, 5) is 13.0. The average molecular weight is 335 g/mol. The second kappa shape index (κ2) is 5.78. The number of rotatable bonds is 2. The third-order valence-electron chi connectivity index (χ3n) is 4.27. The van der Waals surface area contributed by atoms with Gasteiger partial charge < -0.3 is 5.32 Å². The van der Waals surface area contributed by atoms with Gasteiger partial charge in [0.25, 0.3) is 5.91 Å². The first-order chi connectivity index (χ1) is 10.8. The lowest BCUT2D eigenvalue weighted by Crippen LogP contribution is -2.49. The van der Waals surface area contributed by atoms with Crippen molar-refractivity contribution in [2.45, 2.75) is 51.5 Å². The second-order valence-corrected chi connectivity index (χ2v) is 7.80. The van der Waals surface area contributed by atoms with Gasteiger partial charge in [-0.15, -0.1) is 0 Å². The largest absolute Gasteiger partial charge is 0.358 e. The molecule has 6 nitrogen and oxygen atoms in total. The van der Waals surface area contributed by atoms with E-state index in [4.69, 9.17) is 12.2 Å². The molecule has 1 aliphatic carbocycles. The topological polar surface area (TPSA) is 53.4 Å². The lowest BCUT2D eigenvalue weighted by molar-refractivity contribution is 0.0480. The van der Waals surface area contributed by atoms with Crippen LogP contribution in [-0.4, -0.2) is 49.9 Å². The van der Waals surface area contributed by atoms with Crippen LogP contribution in [0.2, 0.25) is 0 Å². The van der Waals surface area contributed by atoms with E-state index >= 15 is 0 Å². The number of aryl methyl sites for hydroxylation is 1. The Bertz CT molecular complexity index is 629. The molecule has 1 amide bonds. The van der Waals surface area contributed by atoms with Gasteiger partial charge in [-0.25, -0.2) is 5.01 Å². The molecule has 0 spiro atoms. The Labute approximate surface area is 142 Å². The van der Waals surface area contributed by atoms with Crippen LogP contribution in [0.3, 0.4) is 0 Å². The summed E-state index contributed by atoms with van der Waals surface area (Å²) in [6, 6.07) is 2.39. The van der Waals surface area contributed by atoms with Crippen molar-refractivity contribution in [3.05, 3.63) is 17.5 Å². The molecule has 0 unspecified atom stereocenters. The average Bonchev–Trinajstić information content (AvgIpc) is 3.00. The third kappa shape index (κ3) is 3.34. The van der Waals surface area contributed by atoms with E-state index < -0.39 is 0 Å². The molecule has 1 saturated carbocycles. The Kier molecular flexibility index (Phi) is 4.08. The van der Waals surface area contributed by atoms with Crippen molar-refractivity contribution in [2.24, 2.45) is 7.05 Å². The molecule has 0 aromatic carbocycles. The first kappa shape index (κ1) is 16.2. The maximum Gasteiger partial charge on any atom is 0.290 e. The van der Waals surface area contributed by atoms with Crippen LogP contribution in [0.5, 0.6) is 0 Å². The minimum atomic E-state index is -0.0795. The SMILES string of the molecule is Cn1nc(C(C)(C)C)cc1C(=O)N1CCCN1C(=S)NC1CC1. The fourth-order valence-electron chi connectivity index (χ4n) is 2.68. The highest BCUT2D eigenvalue weighted by Crippen LogP contribution is 2.24. The third-order valence-corrected chi connectivity index (χ3v) is 4.60. The van der Waals surface area contributed by atoms with Crippen LogP contribution in [0.4, 0.5) is 0 Å². The van der Waals surface area contributed by atoms with Crippen LogP contribution in [0, 0.1) is 0 Å². The standard InChI is InChI=1S/C16H25N5OS/c1-16(2,3)13-10-12(19(4)18-13)14(22)20-8-5-9-21(20)15(23)17-11-6-7-11/h10-11H,5-9H2,1-4H3,(H,17,23). The number of carbonyl (C=O) groups is 1. The van der Waals surface area contributed by atoms with Crippen LogP contribution in [0.25, 0.3) is 0 Å². The molecule has 0 bridgehead atoms. The van der Waals surface area contributed by atoms with Gasteiger partial charge in [0.1, 0.15) is 5.69 Å². The zero-order valence-electron chi connectivity index (χ0n) is 14.3. The van der Waals surface area contributed by atoms with Gasteiger partial charge in [0.2, 0.25) is 0 Å². The summed E-state index contributed by atoms with van der Waals surface area (Å²) in [6.07, 6.45) is 3.26. The predicted octanol–water partition coefficient (Wildman–Crippen LogP) is 1.82. The highest BCUT2D eigenvalue weighted by molar-refractivity contribution is 7.80. The molecule has 7 heteroatoms. The second-order valence-electron chi connectivity index (χ2n) is 7.42. The van der Waals surface area contributed by atoms with Gasteiger partial charge in [0, 0.05) is 31.6 Å². The van der Waals surface area contributed by atoms with Crippen molar-refractivity contribution in [3.8, 4) is 0 Å². The van der Waals surface area contributed by atoms with Crippen molar-refractivity contribution >= 4 is 23.2 Å². The summed E-state index contributed by atoms with van der Waals surface area (Å²) in [7, 11) is 1.82. The molecule has 2 aliphatic rings. The molecular weight excluding hydrogens is 310 g/mol. The van der Waals surface area contributed by atoms with E-state index in [-0.39, 0.29) is 11.3 Å². The van der Waals surface area contributed by atoms with E-state index in [2.05, 4.69) is 31.2 Å². The smallest absolute Gasteiger partial charge is 0.290 e. The molecule has 1 aliphatic heterocycles. The molecule has 0 atom stereocenters. The number of carbonyl (C=O) groups excluding carboxylic acids is 1. The number of hydrazine groups is 1. The molecule has 2 heterocycles. The summed E-state index contributed by atoms with van der Waals surface area (Å²) in [5, 5.41) is 12.1. The fraction of sp³-hybridized carbons (Fsp3) is 0.688. The minimum Gasteiger partial charge on any atom is -0.358 e. The van der Waals surface area contributed by atoms with Gasteiger partial charge in [-0.2, -0.15) is 5.10 Å². The molecule has 23 heavy (non-hydrogen) atoms. The monoisotopic (exact) mass is 335 g/mol. The van der Waals surface area contributed by atoms with Gasteiger partial charge in [-0.1, -0.05) is 20.8 Å². The van der Waals surface area contributed by atoms with Crippen molar-refractivity contribution in [3.63, 3.8) is 0 Å². The van der Waals surface area contributed by atoms with E-state index in [0.29, 0.717) is 23.4 Å². The Balaban J connectivity index is 1.78.